The predicted molar refractivity (Wildman–Crippen MR) is 51.3 cm³/mol. The Balaban J connectivity index is 3.03. The van der Waals surface area contributed by atoms with Crippen LogP contribution in [0.3, 0.4) is 0 Å². The minimum atomic E-state index is 0.420. The average Bonchev–Trinajstić information content (AvgIpc) is 2.36. The van der Waals surface area contributed by atoms with Gasteiger partial charge in [0.2, 0.25) is 0 Å². The van der Waals surface area contributed by atoms with E-state index >= 15 is 0 Å². The van der Waals surface area contributed by atoms with Crippen molar-refractivity contribution < 1.29 is 0 Å². The number of aromatic nitrogens is 3. The van der Waals surface area contributed by atoms with Crippen LogP contribution in [0.2, 0.25) is 0 Å². The van der Waals surface area contributed by atoms with Gasteiger partial charge in [-0.3, -0.25) is 4.40 Å². The third-order valence-corrected chi connectivity index (χ3v) is 2.06. The van der Waals surface area contributed by atoms with E-state index in [-0.39, 0.29) is 0 Å². The van der Waals surface area contributed by atoms with Gasteiger partial charge in [0.05, 0.1) is 0 Å². The summed E-state index contributed by atoms with van der Waals surface area (Å²) in [6.07, 6.45) is 1.70. The molecule has 0 unspecified atom stereocenters. The maximum atomic E-state index is 5.69. The second-order valence-corrected chi connectivity index (χ2v) is 3.01. The summed E-state index contributed by atoms with van der Waals surface area (Å²) in [7, 11) is 0. The number of aryl methyl sites for hydroxylation is 2. The van der Waals surface area contributed by atoms with Crippen LogP contribution < -0.4 is 11.5 Å². The minimum absolute atomic E-state index is 0.420. The van der Waals surface area contributed by atoms with Crippen molar-refractivity contribution in [2.75, 3.05) is 11.5 Å². The highest BCUT2D eigenvalue weighted by molar-refractivity contribution is 5.78. The fourth-order valence-corrected chi connectivity index (χ4v) is 1.51. The molecule has 0 aliphatic heterocycles. The first-order chi connectivity index (χ1) is 6.11. The second kappa shape index (κ2) is 2.35. The van der Waals surface area contributed by atoms with Gasteiger partial charge in [-0.05, 0) is 13.8 Å². The molecule has 5 heteroatoms. The van der Waals surface area contributed by atoms with Gasteiger partial charge < -0.3 is 11.5 Å². The number of nitrogen functional groups attached to an aromatic ring is 2. The van der Waals surface area contributed by atoms with Crippen molar-refractivity contribution in [3.05, 3.63) is 17.7 Å². The summed E-state index contributed by atoms with van der Waals surface area (Å²) in [4.78, 5) is 8.15. The third kappa shape index (κ3) is 0.932. The predicted octanol–water partition coefficient (Wildman–Crippen LogP) is 0.511. The largest absolute Gasteiger partial charge is 0.382 e. The number of imidazole rings is 1. The Morgan fingerprint density at radius 1 is 1.23 bits per heavy atom. The summed E-state index contributed by atoms with van der Waals surface area (Å²) < 4.78 is 1.90. The molecule has 0 amide bonds. The van der Waals surface area contributed by atoms with E-state index in [1.807, 2.05) is 18.2 Å². The Kier molecular flexibility index (Phi) is 1.42. The van der Waals surface area contributed by atoms with Crippen molar-refractivity contribution in [3.8, 4) is 0 Å². The molecule has 0 saturated heterocycles. The van der Waals surface area contributed by atoms with Crippen LogP contribution >= 0.6 is 0 Å². The molecule has 2 rings (SSSR count). The van der Waals surface area contributed by atoms with E-state index in [0.717, 1.165) is 11.5 Å². The maximum Gasteiger partial charge on any atom is 0.153 e. The van der Waals surface area contributed by atoms with E-state index in [1.54, 1.807) is 6.20 Å². The quantitative estimate of drug-likeness (QED) is 0.614. The molecular formula is C8H11N5. The van der Waals surface area contributed by atoms with Crippen LogP contribution in [-0.2, 0) is 0 Å². The molecule has 2 aromatic rings. The molecule has 5 nitrogen and oxygen atoms in total. The fraction of sp³-hybridized carbons (Fsp3) is 0.250. The number of hydrogen-bond donors (Lipinski definition) is 2. The number of anilines is 2. The van der Waals surface area contributed by atoms with E-state index in [9.17, 15) is 0 Å². The lowest BCUT2D eigenvalue weighted by Crippen LogP contribution is -2.00. The first kappa shape index (κ1) is 7.85. The Morgan fingerprint density at radius 3 is 2.54 bits per heavy atom. The van der Waals surface area contributed by atoms with E-state index in [2.05, 4.69) is 9.97 Å². The summed E-state index contributed by atoms with van der Waals surface area (Å²) in [5, 5.41) is 0. The highest BCUT2D eigenvalue weighted by atomic mass is 15.1. The summed E-state index contributed by atoms with van der Waals surface area (Å²) >= 11 is 0. The van der Waals surface area contributed by atoms with Crippen LogP contribution in [0.25, 0.3) is 5.52 Å². The lowest BCUT2D eigenvalue weighted by atomic mass is 10.4. The molecule has 2 aromatic heterocycles. The zero-order chi connectivity index (χ0) is 9.59. The lowest BCUT2D eigenvalue weighted by molar-refractivity contribution is 0.978. The summed E-state index contributed by atoms with van der Waals surface area (Å²) in [6, 6.07) is 0. The molecule has 68 valence electrons. The van der Waals surface area contributed by atoms with Crippen molar-refractivity contribution in [1.82, 2.24) is 14.4 Å². The standard InChI is InChI=1S/C8H11N5/c1-4-3-11-7(9)6-8(10)12-5(2)13(4)6/h3H,10H2,1-2H3,(H2,9,11). The molecule has 0 atom stereocenters. The van der Waals surface area contributed by atoms with Crippen LogP contribution in [0.15, 0.2) is 6.20 Å². The van der Waals surface area contributed by atoms with Crippen LogP contribution in [0.4, 0.5) is 11.6 Å². The Morgan fingerprint density at radius 2 is 1.92 bits per heavy atom. The Bertz CT molecular complexity index is 429. The van der Waals surface area contributed by atoms with Gasteiger partial charge in [-0.2, -0.15) is 0 Å². The summed E-state index contributed by atoms with van der Waals surface area (Å²) in [5.41, 5.74) is 13.1. The van der Waals surface area contributed by atoms with Crippen molar-refractivity contribution in [2.24, 2.45) is 0 Å². The van der Waals surface area contributed by atoms with Gasteiger partial charge in [-0.15, -0.1) is 0 Å². The third-order valence-electron chi connectivity index (χ3n) is 2.06. The highest BCUT2D eigenvalue weighted by Gasteiger charge is 2.10. The van der Waals surface area contributed by atoms with Crippen LogP contribution in [0.5, 0.6) is 0 Å². The van der Waals surface area contributed by atoms with Gasteiger partial charge in [0.25, 0.3) is 0 Å². The van der Waals surface area contributed by atoms with Gasteiger partial charge in [-0.25, -0.2) is 9.97 Å². The van der Waals surface area contributed by atoms with Crippen molar-refractivity contribution in [2.45, 2.75) is 13.8 Å². The van der Waals surface area contributed by atoms with E-state index in [0.29, 0.717) is 17.2 Å². The SMILES string of the molecule is Cc1cnc(N)c2c(N)nc(C)n12. The van der Waals surface area contributed by atoms with Gasteiger partial charge >= 0.3 is 0 Å². The van der Waals surface area contributed by atoms with Gasteiger partial charge in [-0.1, -0.05) is 0 Å². The van der Waals surface area contributed by atoms with Crippen LogP contribution in [-0.4, -0.2) is 14.4 Å². The van der Waals surface area contributed by atoms with Gasteiger partial charge in [0, 0.05) is 11.9 Å². The van der Waals surface area contributed by atoms with Crippen LogP contribution in [0.1, 0.15) is 11.5 Å². The number of nitrogens with zero attached hydrogens (tertiary/aromatic N) is 3. The van der Waals surface area contributed by atoms with E-state index < -0.39 is 0 Å². The normalized spacial score (nSPS) is 10.9. The first-order valence-electron chi connectivity index (χ1n) is 3.97. The molecule has 0 spiro atoms. The zero-order valence-corrected chi connectivity index (χ0v) is 7.57. The monoisotopic (exact) mass is 177 g/mol. The first-order valence-corrected chi connectivity index (χ1v) is 3.97. The molecule has 0 bridgehead atoms. The molecule has 0 aliphatic rings. The fourth-order valence-electron chi connectivity index (χ4n) is 1.51. The van der Waals surface area contributed by atoms with Gasteiger partial charge in [0.1, 0.15) is 11.3 Å². The van der Waals surface area contributed by atoms with Crippen molar-refractivity contribution in [3.63, 3.8) is 0 Å². The van der Waals surface area contributed by atoms with Gasteiger partial charge in [0.15, 0.2) is 11.6 Å². The molecule has 0 aromatic carbocycles. The molecule has 0 fully saturated rings. The Labute approximate surface area is 75.4 Å². The average molecular weight is 177 g/mol. The maximum absolute atomic E-state index is 5.69. The summed E-state index contributed by atoms with van der Waals surface area (Å²) in [6.45, 7) is 3.82. The molecule has 0 saturated carbocycles. The van der Waals surface area contributed by atoms with E-state index in [1.165, 1.54) is 0 Å². The summed E-state index contributed by atoms with van der Waals surface area (Å²) in [5.74, 6) is 1.69. The zero-order valence-electron chi connectivity index (χ0n) is 7.57. The molecule has 2 heterocycles. The molecular weight excluding hydrogens is 166 g/mol. The number of nitrogens with two attached hydrogens (primary N) is 2. The second-order valence-electron chi connectivity index (χ2n) is 3.01. The minimum Gasteiger partial charge on any atom is -0.382 e. The number of hydrogen-bond acceptors (Lipinski definition) is 4. The highest BCUT2D eigenvalue weighted by Crippen LogP contribution is 2.20. The molecule has 13 heavy (non-hydrogen) atoms. The number of fused-ring (bicyclic) bond motifs is 1. The molecule has 0 radical (unpaired) electrons. The lowest BCUT2D eigenvalue weighted by Gasteiger charge is -2.02. The Hall–Kier alpha value is -1.78. The van der Waals surface area contributed by atoms with Crippen molar-refractivity contribution in [1.29, 1.82) is 0 Å². The van der Waals surface area contributed by atoms with Crippen LogP contribution in [0, 0.1) is 13.8 Å². The molecule has 0 aliphatic carbocycles. The molecule has 4 N–H and O–H groups in total. The van der Waals surface area contributed by atoms with E-state index in [4.69, 9.17) is 11.5 Å². The number of rotatable bonds is 0. The van der Waals surface area contributed by atoms with Crippen molar-refractivity contribution >= 4 is 17.2 Å². The topological polar surface area (TPSA) is 82.2 Å². The smallest absolute Gasteiger partial charge is 0.153 e.